The van der Waals surface area contributed by atoms with Crippen molar-refractivity contribution < 1.29 is 0 Å². The van der Waals surface area contributed by atoms with Gasteiger partial charge >= 0.3 is 0 Å². The molecule has 0 fully saturated rings. The van der Waals surface area contributed by atoms with Crippen LogP contribution in [0.15, 0.2) is 109 Å². The summed E-state index contributed by atoms with van der Waals surface area (Å²) in [4.78, 5) is 0. The second kappa shape index (κ2) is 6.85. The van der Waals surface area contributed by atoms with E-state index in [1.165, 1.54) is 38.9 Å². The van der Waals surface area contributed by atoms with E-state index in [1.54, 1.807) is 0 Å². The van der Waals surface area contributed by atoms with Gasteiger partial charge in [-0.2, -0.15) is 0 Å². The summed E-state index contributed by atoms with van der Waals surface area (Å²) in [5, 5.41) is 0. The highest BCUT2D eigenvalue weighted by Crippen LogP contribution is 2.58. The maximum absolute atomic E-state index is 2.50. The van der Waals surface area contributed by atoms with Crippen LogP contribution in [0.3, 0.4) is 0 Å². The summed E-state index contributed by atoms with van der Waals surface area (Å²) in [7, 11) is 0. The molecule has 0 saturated carbocycles. The molecule has 0 aromatic heterocycles. The highest BCUT2D eigenvalue weighted by atomic mass is 14.5. The second-order valence-corrected chi connectivity index (χ2v) is 8.55. The van der Waals surface area contributed by atoms with Crippen molar-refractivity contribution in [2.75, 3.05) is 0 Å². The summed E-state index contributed by atoms with van der Waals surface area (Å²) >= 11 is 0. The van der Waals surface area contributed by atoms with Crippen LogP contribution in [0.2, 0.25) is 0 Å². The minimum absolute atomic E-state index is 0.0326. The number of allylic oxidation sites excluding steroid dienone is 1. The third-order valence-corrected chi connectivity index (χ3v) is 7.04. The van der Waals surface area contributed by atoms with Gasteiger partial charge in [-0.25, -0.2) is 0 Å². The van der Waals surface area contributed by atoms with Gasteiger partial charge in [0.15, 0.2) is 0 Å². The monoisotopic (exact) mass is 384 g/mol. The Morgan fingerprint density at radius 1 is 0.600 bits per heavy atom. The zero-order chi connectivity index (χ0) is 20.0. The average molecular weight is 385 g/mol. The van der Waals surface area contributed by atoms with E-state index >= 15 is 0 Å². The van der Waals surface area contributed by atoms with E-state index in [0.29, 0.717) is 5.92 Å². The van der Waals surface area contributed by atoms with Gasteiger partial charge in [0.05, 0.1) is 0 Å². The first kappa shape index (κ1) is 17.5. The van der Waals surface area contributed by atoms with Crippen LogP contribution in [0.5, 0.6) is 0 Å². The molecule has 0 radical (unpaired) electrons. The van der Waals surface area contributed by atoms with E-state index in [-0.39, 0.29) is 5.41 Å². The predicted molar refractivity (Wildman–Crippen MR) is 126 cm³/mol. The van der Waals surface area contributed by atoms with Crippen molar-refractivity contribution in [2.45, 2.75) is 24.2 Å². The van der Waals surface area contributed by atoms with Gasteiger partial charge in [-0.15, -0.1) is 0 Å². The molecule has 0 N–H and O–H groups in total. The van der Waals surface area contributed by atoms with E-state index in [2.05, 4.69) is 115 Å². The van der Waals surface area contributed by atoms with Gasteiger partial charge < -0.3 is 0 Å². The molecule has 4 aromatic rings. The molecule has 0 heterocycles. The summed E-state index contributed by atoms with van der Waals surface area (Å²) in [5.41, 5.74) is 9.94. The van der Waals surface area contributed by atoms with Crippen molar-refractivity contribution in [3.05, 3.63) is 137 Å². The highest BCUT2D eigenvalue weighted by molar-refractivity contribution is 5.81. The predicted octanol–water partition coefficient (Wildman–Crippen LogP) is 7.40. The number of rotatable bonds is 4. The van der Waals surface area contributed by atoms with E-state index in [0.717, 1.165) is 12.8 Å². The second-order valence-electron chi connectivity index (χ2n) is 8.55. The van der Waals surface area contributed by atoms with E-state index < -0.39 is 0 Å². The molecule has 0 nitrogen and oxygen atoms in total. The first-order valence-corrected chi connectivity index (χ1v) is 10.9. The highest BCUT2D eigenvalue weighted by Gasteiger charge is 2.46. The smallest absolute Gasteiger partial charge is 0.0254 e. The first-order valence-electron chi connectivity index (χ1n) is 10.9. The van der Waals surface area contributed by atoms with Crippen LogP contribution in [0.25, 0.3) is 17.2 Å². The maximum atomic E-state index is 2.50. The molecule has 0 bridgehead atoms. The van der Waals surface area contributed by atoms with Gasteiger partial charge in [-0.3, -0.25) is 0 Å². The van der Waals surface area contributed by atoms with Crippen molar-refractivity contribution >= 4 is 6.08 Å². The number of hydrogen-bond acceptors (Lipinski definition) is 0. The largest absolute Gasteiger partial charge is 0.0724 e. The molecule has 0 saturated heterocycles. The van der Waals surface area contributed by atoms with Crippen LogP contribution in [-0.2, 0) is 11.8 Å². The van der Waals surface area contributed by atoms with Gasteiger partial charge in [0.2, 0.25) is 0 Å². The number of fused-ring (bicyclic) bond motifs is 4. The Bertz CT molecular complexity index is 1200. The Morgan fingerprint density at radius 3 is 1.93 bits per heavy atom. The Labute approximate surface area is 178 Å². The van der Waals surface area contributed by atoms with Crippen LogP contribution in [0.4, 0.5) is 0 Å². The van der Waals surface area contributed by atoms with Gasteiger partial charge in [0.25, 0.3) is 0 Å². The lowest BCUT2D eigenvalue weighted by Gasteiger charge is -2.37. The molecule has 144 valence electrons. The topological polar surface area (TPSA) is 0 Å². The first-order chi connectivity index (χ1) is 14.9. The fourth-order valence-corrected chi connectivity index (χ4v) is 5.71. The molecule has 1 unspecified atom stereocenters. The molecular formula is C30H24. The fraction of sp³-hybridized carbons (Fsp3) is 0.133. The number of hydrogen-bond donors (Lipinski definition) is 0. The Balaban J connectivity index is 1.55. The van der Waals surface area contributed by atoms with Crippen LogP contribution in [-0.4, -0.2) is 0 Å². The van der Waals surface area contributed by atoms with Gasteiger partial charge in [0.1, 0.15) is 0 Å². The third-order valence-electron chi connectivity index (χ3n) is 7.04. The van der Waals surface area contributed by atoms with Gasteiger partial charge in [-0.05, 0) is 51.8 Å². The Kier molecular flexibility index (Phi) is 3.99. The summed E-state index contributed by atoms with van der Waals surface area (Å²) in [6, 6.07) is 37.9. The van der Waals surface area contributed by atoms with Crippen molar-refractivity contribution in [2.24, 2.45) is 0 Å². The normalized spacial score (nSPS) is 18.8. The molecule has 2 aliphatic rings. The average Bonchev–Trinajstić information content (AvgIpc) is 3.35. The molecule has 1 atom stereocenters. The minimum Gasteiger partial charge on any atom is -0.0724 e. The van der Waals surface area contributed by atoms with Crippen LogP contribution in [0, 0.1) is 0 Å². The molecule has 30 heavy (non-hydrogen) atoms. The SMILES string of the molecule is C1=CC(CCc2ccccc2)(C2c3ccccc3-c3ccccc32)c2ccccc21. The van der Waals surface area contributed by atoms with Gasteiger partial charge in [0, 0.05) is 11.3 Å². The number of benzene rings is 4. The van der Waals surface area contributed by atoms with Crippen molar-refractivity contribution in [3.8, 4) is 11.1 Å². The molecule has 0 aliphatic heterocycles. The molecule has 0 spiro atoms. The standard InChI is InChI=1S/C30H24/c1-2-10-22(11-3-1)18-20-30(21-19-23-12-4-9-17-28(23)30)29-26-15-7-5-13-24(26)25-14-6-8-16-27(25)29/h1-17,19,21,29H,18,20H2. The summed E-state index contributed by atoms with van der Waals surface area (Å²) in [5.74, 6) is 0.341. The summed E-state index contributed by atoms with van der Waals surface area (Å²) < 4.78 is 0. The maximum Gasteiger partial charge on any atom is 0.0254 e. The minimum atomic E-state index is -0.0326. The molecule has 6 rings (SSSR count). The summed E-state index contributed by atoms with van der Waals surface area (Å²) in [6.45, 7) is 0. The zero-order valence-electron chi connectivity index (χ0n) is 17.0. The molecule has 4 aromatic carbocycles. The lowest BCUT2D eigenvalue weighted by molar-refractivity contribution is 0.447. The lowest BCUT2D eigenvalue weighted by atomic mass is 9.65. The van der Waals surface area contributed by atoms with Crippen LogP contribution in [0.1, 0.15) is 40.2 Å². The van der Waals surface area contributed by atoms with Crippen molar-refractivity contribution in [3.63, 3.8) is 0 Å². The Hall–Kier alpha value is -3.38. The summed E-state index contributed by atoms with van der Waals surface area (Å²) in [6.07, 6.45) is 7.02. The van der Waals surface area contributed by atoms with E-state index in [9.17, 15) is 0 Å². The van der Waals surface area contributed by atoms with Crippen LogP contribution < -0.4 is 0 Å². The molecule has 0 amide bonds. The van der Waals surface area contributed by atoms with Gasteiger partial charge in [-0.1, -0.05) is 115 Å². The zero-order valence-corrected chi connectivity index (χ0v) is 17.0. The molecule has 0 heteroatoms. The third kappa shape index (κ3) is 2.53. The van der Waals surface area contributed by atoms with E-state index in [4.69, 9.17) is 0 Å². The Morgan fingerprint density at radius 2 is 1.20 bits per heavy atom. The van der Waals surface area contributed by atoms with Crippen molar-refractivity contribution in [1.82, 2.24) is 0 Å². The quantitative estimate of drug-likeness (QED) is 0.344. The molecule has 2 aliphatic carbocycles. The lowest BCUT2D eigenvalue weighted by Crippen LogP contribution is -2.31. The van der Waals surface area contributed by atoms with Crippen molar-refractivity contribution in [1.29, 1.82) is 0 Å². The molecular weight excluding hydrogens is 360 g/mol. The van der Waals surface area contributed by atoms with E-state index in [1.807, 2.05) is 0 Å². The number of aryl methyl sites for hydroxylation is 1. The van der Waals surface area contributed by atoms with Crippen LogP contribution >= 0.6 is 0 Å². The fourth-order valence-electron chi connectivity index (χ4n) is 5.71.